The molecular formula is C22H31N3O3. The third-order valence-electron chi connectivity index (χ3n) is 6.60. The number of likely N-dealkylation sites (tertiary alicyclic amines) is 3. The Labute approximate surface area is 167 Å². The predicted molar refractivity (Wildman–Crippen MR) is 107 cm³/mol. The van der Waals surface area contributed by atoms with E-state index < -0.39 is 0 Å². The molecule has 1 atom stereocenters. The molecule has 2 amide bonds. The highest BCUT2D eigenvalue weighted by Gasteiger charge is 2.49. The topological polar surface area (TPSA) is 53.1 Å². The van der Waals surface area contributed by atoms with Gasteiger partial charge in [0.25, 0.3) is 0 Å². The van der Waals surface area contributed by atoms with Crippen LogP contribution in [-0.4, -0.2) is 72.9 Å². The second-order valence-electron chi connectivity index (χ2n) is 8.51. The van der Waals surface area contributed by atoms with Gasteiger partial charge in [0.15, 0.2) is 0 Å². The highest BCUT2D eigenvalue weighted by Crippen LogP contribution is 2.40. The Bertz CT molecular complexity index is 731. The smallest absolute Gasteiger partial charge is 0.236 e. The van der Waals surface area contributed by atoms with Crippen LogP contribution in [0, 0.1) is 5.41 Å². The SMILES string of the molecule is COc1cccc(CN2CCC[C@@]3(CCN(C(=O)CN4CCCC4)C3)C2=O)c1. The van der Waals surface area contributed by atoms with E-state index in [0.29, 0.717) is 26.2 Å². The molecule has 1 aromatic rings. The summed E-state index contributed by atoms with van der Waals surface area (Å²) < 4.78 is 5.31. The highest BCUT2D eigenvalue weighted by molar-refractivity contribution is 5.86. The fourth-order valence-corrected chi connectivity index (χ4v) is 4.99. The molecule has 3 aliphatic heterocycles. The van der Waals surface area contributed by atoms with Crippen LogP contribution in [0.1, 0.15) is 37.7 Å². The number of benzene rings is 1. The summed E-state index contributed by atoms with van der Waals surface area (Å²) in [4.78, 5) is 32.2. The molecule has 28 heavy (non-hydrogen) atoms. The number of amides is 2. The number of piperidine rings is 1. The highest BCUT2D eigenvalue weighted by atomic mass is 16.5. The van der Waals surface area contributed by atoms with Crippen molar-refractivity contribution in [2.24, 2.45) is 5.41 Å². The quantitative estimate of drug-likeness (QED) is 0.779. The molecule has 1 spiro atoms. The number of rotatable bonds is 5. The molecule has 3 saturated heterocycles. The molecule has 1 aromatic carbocycles. The van der Waals surface area contributed by atoms with Crippen molar-refractivity contribution in [3.8, 4) is 5.75 Å². The maximum Gasteiger partial charge on any atom is 0.236 e. The molecule has 0 aromatic heterocycles. The van der Waals surface area contributed by atoms with Crippen LogP contribution in [0.3, 0.4) is 0 Å². The van der Waals surface area contributed by atoms with Gasteiger partial charge in [-0.25, -0.2) is 0 Å². The molecule has 3 fully saturated rings. The van der Waals surface area contributed by atoms with E-state index in [0.717, 1.165) is 50.2 Å². The molecule has 4 rings (SSSR count). The van der Waals surface area contributed by atoms with E-state index in [9.17, 15) is 9.59 Å². The standard InChI is InChI=1S/C22H31N3O3/c1-28-19-7-4-6-18(14-19)15-24-12-5-8-22(21(24)27)9-13-25(17-22)20(26)16-23-10-2-3-11-23/h4,6-7,14H,2-3,5,8-13,15-17H2,1H3/t22-/m0/s1. The minimum Gasteiger partial charge on any atom is -0.497 e. The van der Waals surface area contributed by atoms with Crippen molar-refractivity contribution in [3.63, 3.8) is 0 Å². The summed E-state index contributed by atoms with van der Waals surface area (Å²) in [5, 5.41) is 0. The lowest BCUT2D eigenvalue weighted by molar-refractivity contribution is -0.146. The zero-order valence-corrected chi connectivity index (χ0v) is 16.9. The van der Waals surface area contributed by atoms with Crippen molar-refractivity contribution in [1.29, 1.82) is 0 Å². The zero-order valence-electron chi connectivity index (χ0n) is 16.9. The number of carbonyl (C=O) groups excluding carboxylic acids is 2. The van der Waals surface area contributed by atoms with E-state index in [4.69, 9.17) is 4.74 Å². The van der Waals surface area contributed by atoms with Gasteiger partial charge in [0.1, 0.15) is 5.75 Å². The van der Waals surface area contributed by atoms with Gasteiger partial charge in [-0.2, -0.15) is 0 Å². The van der Waals surface area contributed by atoms with Gasteiger partial charge in [-0.05, 0) is 62.9 Å². The number of methoxy groups -OCH3 is 1. The normalized spacial score (nSPS) is 25.7. The minimum atomic E-state index is -0.377. The summed E-state index contributed by atoms with van der Waals surface area (Å²) >= 11 is 0. The molecule has 152 valence electrons. The van der Waals surface area contributed by atoms with Crippen molar-refractivity contribution < 1.29 is 14.3 Å². The third kappa shape index (κ3) is 3.88. The molecule has 0 saturated carbocycles. The first-order valence-electron chi connectivity index (χ1n) is 10.5. The average Bonchev–Trinajstić information content (AvgIpc) is 3.36. The van der Waals surface area contributed by atoms with Gasteiger partial charge in [0.05, 0.1) is 19.1 Å². The van der Waals surface area contributed by atoms with Gasteiger partial charge in [-0.15, -0.1) is 0 Å². The first kappa shape index (κ1) is 19.2. The van der Waals surface area contributed by atoms with Crippen LogP contribution in [0.2, 0.25) is 0 Å². The molecule has 0 unspecified atom stereocenters. The fourth-order valence-electron chi connectivity index (χ4n) is 4.99. The molecule has 0 radical (unpaired) electrons. The van der Waals surface area contributed by atoms with Crippen LogP contribution in [0.25, 0.3) is 0 Å². The summed E-state index contributed by atoms with van der Waals surface area (Å²) in [5.41, 5.74) is 0.711. The lowest BCUT2D eigenvalue weighted by Gasteiger charge is -2.39. The van der Waals surface area contributed by atoms with E-state index >= 15 is 0 Å². The van der Waals surface area contributed by atoms with Crippen molar-refractivity contribution in [2.75, 3.05) is 46.4 Å². The third-order valence-corrected chi connectivity index (χ3v) is 6.60. The molecule has 3 aliphatic rings. The minimum absolute atomic E-state index is 0.191. The second-order valence-corrected chi connectivity index (χ2v) is 8.51. The Balaban J connectivity index is 1.40. The Kier molecular flexibility index (Phi) is 5.58. The molecule has 0 aliphatic carbocycles. The van der Waals surface area contributed by atoms with Crippen molar-refractivity contribution in [1.82, 2.24) is 14.7 Å². The summed E-state index contributed by atoms with van der Waals surface area (Å²) in [7, 11) is 1.66. The molecule has 6 nitrogen and oxygen atoms in total. The number of nitrogens with zero attached hydrogens (tertiary/aromatic N) is 3. The number of hydrogen-bond donors (Lipinski definition) is 0. The lowest BCUT2D eigenvalue weighted by atomic mass is 9.78. The molecule has 3 heterocycles. The van der Waals surface area contributed by atoms with Crippen LogP contribution < -0.4 is 4.74 Å². The monoisotopic (exact) mass is 385 g/mol. The van der Waals surface area contributed by atoms with Crippen molar-refractivity contribution in [3.05, 3.63) is 29.8 Å². The van der Waals surface area contributed by atoms with E-state index in [1.54, 1.807) is 7.11 Å². The first-order valence-corrected chi connectivity index (χ1v) is 10.5. The van der Waals surface area contributed by atoms with Crippen molar-refractivity contribution >= 4 is 11.8 Å². The van der Waals surface area contributed by atoms with Gasteiger partial charge in [-0.3, -0.25) is 14.5 Å². The molecular weight excluding hydrogens is 354 g/mol. The van der Waals surface area contributed by atoms with Crippen LogP contribution in [0.15, 0.2) is 24.3 Å². The second kappa shape index (κ2) is 8.11. The molecule has 0 bridgehead atoms. The van der Waals surface area contributed by atoms with Gasteiger partial charge >= 0.3 is 0 Å². The van der Waals surface area contributed by atoms with Gasteiger partial charge in [0.2, 0.25) is 11.8 Å². The van der Waals surface area contributed by atoms with E-state index in [2.05, 4.69) is 4.90 Å². The first-order chi connectivity index (χ1) is 13.6. The Morgan fingerprint density at radius 1 is 1.11 bits per heavy atom. The van der Waals surface area contributed by atoms with Gasteiger partial charge < -0.3 is 14.5 Å². The van der Waals surface area contributed by atoms with Crippen LogP contribution in [0.5, 0.6) is 5.75 Å². The Hall–Kier alpha value is -2.08. The lowest BCUT2D eigenvalue weighted by Crippen LogP contribution is -2.50. The van der Waals surface area contributed by atoms with E-state index in [-0.39, 0.29) is 17.2 Å². The maximum absolute atomic E-state index is 13.4. The predicted octanol–water partition coefficient (Wildman–Crippen LogP) is 2.13. The summed E-state index contributed by atoms with van der Waals surface area (Å²) in [6, 6.07) is 7.92. The number of carbonyl (C=O) groups is 2. The van der Waals surface area contributed by atoms with Crippen molar-refractivity contribution in [2.45, 2.75) is 38.6 Å². The maximum atomic E-state index is 13.4. The average molecular weight is 386 g/mol. The molecule has 0 N–H and O–H groups in total. The summed E-state index contributed by atoms with van der Waals surface area (Å²) in [6.07, 6.45) is 5.08. The molecule has 6 heteroatoms. The fraction of sp³-hybridized carbons (Fsp3) is 0.636. The summed E-state index contributed by atoms with van der Waals surface area (Å²) in [5.74, 6) is 1.23. The number of ether oxygens (including phenoxy) is 1. The zero-order chi connectivity index (χ0) is 19.6. The van der Waals surface area contributed by atoms with E-state index in [1.807, 2.05) is 34.1 Å². The van der Waals surface area contributed by atoms with Crippen LogP contribution in [-0.2, 0) is 16.1 Å². The largest absolute Gasteiger partial charge is 0.497 e. The van der Waals surface area contributed by atoms with Crippen LogP contribution >= 0.6 is 0 Å². The van der Waals surface area contributed by atoms with Gasteiger partial charge in [0, 0.05) is 26.2 Å². The number of hydrogen-bond acceptors (Lipinski definition) is 4. The summed E-state index contributed by atoms with van der Waals surface area (Å²) in [6.45, 7) is 5.27. The Morgan fingerprint density at radius 3 is 2.71 bits per heavy atom. The van der Waals surface area contributed by atoms with Crippen LogP contribution in [0.4, 0.5) is 0 Å². The Morgan fingerprint density at radius 2 is 1.93 bits per heavy atom. The van der Waals surface area contributed by atoms with Gasteiger partial charge in [-0.1, -0.05) is 12.1 Å². The van der Waals surface area contributed by atoms with E-state index in [1.165, 1.54) is 12.8 Å².